The number of hydrogen-bond donors (Lipinski definition) is 2. The van der Waals surface area contributed by atoms with Crippen molar-refractivity contribution in [3.05, 3.63) is 77.1 Å². The van der Waals surface area contributed by atoms with Gasteiger partial charge in [-0.1, -0.05) is 30.3 Å². The minimum absolute atomic E-state index is 0.171. The van der Waals surface area contributed by atoms with Crippen LogP contribution in [-0.2, 0) is 16.1 Å². The smallest absolute Gasteiger partial charge is 0.267 e. The molecule has 7 nitrogen and oxygen atoms in total. The van der Waals surface area contributed by atoms with Crippen LogP contribution in [0.5, 0.6) is 0 Å². The summed E-state index contributed by atoms with van der Waals surface area (Å²) < 4.78 is 1.13. The number of carbonyl (C=O) groups excluding carboxylic acids is 2. The van der Waals surface area contributed by atoms with Gasteiger partial charge >= 0.3 is 0 Å². The highest BCUT2D eigenvalue weighted by Crippen LogP contribution is 2.15. The van der Waals surface area contributed by atoms with E-state index >= 15 is 0 Å². The van der Waals surface area contributed by atoms with Crippen molar-refractivity contribution in [1.29, 1.82) is 0 Å². The number of aromatic nitrogens is 2. The topological polar surface area (TPSA) is 93.1 Å². The predicted molar refractivity (Wildman–Crippen MR) is 103 cm³/mol. The first-order chi connectivity index (χ1) is 13.0. The summed E-state index contributed by atoms with van der Waals surface area (Å²) in [5.74, 6) is -0.544. The van der Waals surface area contributed by atoms with E-state index in [1.54, 1.807) is 30.3 Å². The minimum Gasteiger partial charge on any atom is -0.326 e. The number of hydrogen-bond acceptors (Lipinski definition) is 4. The van der Waals surface area contributed by atoms with Crippen LogP contribution in [0.4, 0.5) is 11.4 Å². The van der Waals surface area contributed by atoms with Crippen molar-refractivity contribution in [2.75, 3.05) is 10.6 Å². The van der Waals surface area contributed by atoms with E-state index in [-0.39, 0.29) is 23.9 Å². The van der Waals surface area contributed by atoms with Crippen molar-refractivity contribution in [2.24, 2.45) is 0 Å². The molecule has 0 unspecified atom stereocenters. The van der Waals surface area contributed by atoms with Crippen molar-refractivity contribution in [3.63, 3.8) is 0 Å². The van der Waals surface area contributed by atoms with E-state index in [9.17, 15) is 14.4 Å². The number of anilines is 2. The van der Waals surface area contributed by atoms with Crippen LogP contribution in [0.1, 0.15) is 6.92 Å². The van der Waals surface area contributed by atoms with E-state index in [0.29, 0.717) is 17.1 Å². The van der Waals surface area contributed by atoms with Crippen LogP contribution in [0.15, 0.2) is 71.5 Å². The third-order valence-corrected chi connectivity index (χ3v) is 3.72. The second-order valence-electron chi connectivity index (χ2n) is 5.89. The zero-order valence-corrected chi connectivity index (χ0v) is 14.7. The number of carbonyl (C=O) groups is 2. The maximum Gasteiger partial charge on any atom is 0.267 e. The summed E-state index contributed by atoms with van der Waals surface area (Å²) in [6.45, 7) is 1.22. The molecule has 3 aromatic rings. The summed E-state index contributed by atoms with van der Waals surface area (Å²) in [7, 11) is 0. The lowest BCUT2D eigenvalue weighted by Crippen LogP contribution is -2.29. The Hall–Kier alpha value is -3.74. The molecule has 0 spiro atoms. The number of rotatable bonds is 5. The molecule has 2 amide bonds. The summed E-state index contributed by atoms with van der Waals surface area (Å²) in [5, 5.41) is 9.62. The summed E-state index contributed by atoms with van der Waals surface area (Å²) >= 11 is 0. The molecule has 2 aromatic carbocycles. The predicted octanol–water partition coefficient (Wildman–Crippen LogP) is 2.51. The van der Waals surface area contributed by atoms with Crippen LogP contribution in [-0.4, -0.2) is 21.6 Å². The van der Waals surface area contributed by atoms with E-state index in [1.807, 2.05) is 30.3 Å². The molecule has 3 rings (SSSR count). The van der Waals surface area contributed by atoms with Crippen LogP contribution in [0.2, 0.25) is 0 Å². The van der Waals surface area contributed by atoms with Gasteiger partial charge in [0, 0.05) is 29.9 Å². The number of nitrogens with one attached hydrogen (secondary N) is 2. The standard InChI is InChI=1S/C20H18N4O3/c1-14(25)21-16-7-9-17(10-8-16)22-19(26)13-24-20(27)12-11-18(23-24)15-5-3-2-4-6-15/h2-12H,13H2,1H3,(H,21,25)(H,22,26). The third-order valence-electron chi connectivity index (χ3n) is 3.72. The van der Waals surface area contributed by atoms with E-state index in [1.165, 1.54) is 13.0 Å². The van der Waals surface area contributed by atoms with Gasteiger partial charge in [-0.15, -0.1) is 0 Å². The molecule has 7 heteroatoms. The first-order valence-corrected chi connectivity index (χ1v) is 8.32. The van der Waals surface area contributed by atoms with Gasteiger partial charge in [0.25, 0.3) is 5.56 Å². The Morgan fingerprint density at radius 1 is 0.889 bits per heavy atom. The van der Waals surface area contributed by atoms with Crippen LogP contribution < -0.4 is 16.2 Å². The molecule has 0 fully saturated rings. The Labute approximate surface area is 155 Å². The van der Waals surface area contributed by atoms with Crippen molar-refractivity contribution in [3.8, 4) is 11.3 Å². The molecule has 1 aromatic heterocycles. The van der Waals surface area contributed by atoms with Gasteiger partial charge < -0.3 is 10.6 Å². The van der Waals surface area contributed by atoms with Gasteiger partial charge in [-0.2, -0.15) is 5.10 Å². The number of nitrogens with zero attached hydrogens (tertiary/aromatic N) is 2. The highest BCUT2D eigenvalue weighted by molar-refractivity contribution is 5.92. The second-order valence-corrected chi connectivity index (χ2v) is 5.89. The van der Waals surface area contributed by atoms with Gasteiger partial charge in [0.2, 0.25) is 11.8 Å². The fourth-order valence-electron chi connectivity index (χ4n) is 2.50. The van der Waals surface area contributed by atoms with Crippen LogP contribution >= 0.6 is 0 Å². The van der Waals surface area contributed by atoms with Crippen molar-refractivity contribution < 1.29 is 9.59 Å². The van der Waals surface area contributed by atoms with E-state index < -0.39 is 0 Å². The molecule has 27 heavy (non-hydrogen) atoms. The number of benzene rings is 2. The van der Waals surface area contributed by atoms with E-state index in [4.69, 9.17) is 0 Å². The van der Waals surface area contributed by atoms with Crippen LogP contribution in [0.3, 0.4) is 0 Å². The van der Waals surface area contributed by atoms with E-state index in [0.717, 1.165) is 10.2 Å². The van der Waals surface area contributed by atoms with Crippen LogP contribution in [0, 0.1) is 0 Å². The molecule has 0 radical (unpaired) electrons. The Morgan fingerprint density at radius 3 is 2.15 bits per heavy atom. The SMILES string of the molecule is CC(=O)Nc1ccc(NC(=O)Cn2nc(-c3ccccc3)ccc2=O)cc1. The fourth-order valence-corrected chi connectivity index (χ4v) is 2.50. The first-order valence-electron chi connectivity index (χ1n) is 8.32. The molecule has 0 aliphatic heterocycles. The summed E-state index contributed by atoms with van der Waals surface area (Å²) in [4.78, 5) is 35.3. The lowest BCUT2D eigenvalue weighted by Gasteiger charge is -2.09. The lowest BCUT2D eigenvalue weighted by molar-refractivity contribution is -0.117. The number of amides is 2. The molecule has 0 aliphatic rings. The summed E-state index contributed by atoms with van der Waals surface area (Å²) in [6.07, 6.45) is 0. The van der Waals surface area contributed by atoms with Gasteiger partial charge in [0.1, 0.15) is 6.54 Å². The summed E-state index contributed by atoms with van der Waals surface area (Å²) in [6, 6.07) is 19.1. The highest BCUT2D eigenvalue weighted by atomic mass is 16.2. The molecule has 136 valence electrons. The van der Waals surface area contributed by atoms with Gasteiger partial charge in [-0.05, 0) is 30.3 Å². The maximum atomic E-state index is 12.3. The average Bonchev–Trinajstić information content (AvgIpc) is 2.65. The third kappa shape index (κ3) is 4.88. The Balaban J connectivity index is 1.70. The molecule has 0 atom stereocenters. The molecule has 0 aliphatic carbocycles. The van der Waals surface area contributed by atoms with Gasteiger partial charge in [-0.25, -0.2) is 4.68 Å². The first kappa shape index (κ1) is 18.1. The zero-order valence-electron chi connectivity index (χ0n) is 14.7. The van der Waals surface area contributed by atoms with Crippen LogP contribution in [0.25, 0.3) is 11.3 Å². The largest absolute Gasteiger partial charge is 0.326 e. The minimum atomic E-state index is -0.373. The molecular weight excluding hydrogens is 344 g/mol. The lowest BCUT2D eigenvalue weighted by atomic mass is 10.1. The molecular formula is C20H18N4O3. The fraction of sp³-hybridized carbons (Fsp3) is 0.100. The Kier molecular flexibility index (Phi) is 5.41. The van der Waals surface area contributed by atoms with Crippen molar-refractivity contribution in [2.45, 2.75) is 13.5 Å². The monoisotopic (exact) mass is 362 g/mol. The van der Waals surface area contributed by atoms with Crippen molar-refractivity contribution >= 4 is 23.2 Å². The molecule has 0 bridgehead atoms. The van der Waals surface area contributed by atoms with E-state index in [2.05, 4.69) is 15.7 Å². The molecule has 1 heterocycles. The molecule has 0 saturated heterocycles. The van der Waals surface area contributed by atoms with Gasteiger partial charge in [-0.3, -0.25) is 14.4 Å². The van der Waals surface area contributed by atoms with Gasteiger partial charge in [0.15, 0.2) is 0 Å². The Bertz CT molecular complexity index is 1010. The molecule has 0 saturated carbocycles. The molecule has 2 N–H and O–H groups in total. The Morgan fingerprint density at radius 2 is 1.52 bits per heavy atom. The quantitative estimate of drug-likeness (QED) is 0.729. The second kappa shape index (κ2) is 8.09. The average molecular weight is 362 g/mol. The van der Waals surface area contributed by atoms with Crippen molar-refractivity contribution in [1.82, 2.24) is 9.78 Å². The zero-order chi connectivity index (χ0) is 19.2. The van der Waals surface area contributed by atoms with Gasteiger partial charge in [0.05, 0.1) is 5.69 Å². The normalized spacial score (nSPS) is 10.3. The summed E-state index contributed by atoms with van der Waals surface area (Å²) in [5.41, 5.74) is 2.31. The maximum absolute atomic E-state index is 12.3. The highest BCUT2D eigenvalue weighted by Gasteiger charge is 2.08.